The first-order chi connectivity index (χ1) is 16.5. The molecule has 1 unspecified atom stereocenters. The van der Waals surface area contributed by atoms with Gasteiger partial charge in [0, 0.05) is 36.4 Å². The zero-order valence-electron chi connectivity index (χ0n) is 19.1. The van der Waals surface area contributed by atoms with Gasteiger partial charge < -0.3 is 20.7 Å². The monoisotopic (exact) mass is 483 g/mol. The van der Waals surface area contributed by atoms with Gasteiger partial charge in [0.15, 0.2) is 0 Å². The Bertz CT molecular complexity index is 1080. The molecule has 0 radical (unpaired) electrons. The largest absolute Gasteiger partial charge is 0.381 e. The number of ether oxygens (including phenoxy) is 1. The number of carbonyl (C=O) groups is 3. The zero-order valence-corrected chi connectivity index (χ0v) is 20.0. The Morgan fingerprint density at radius 2 is 1.97 bits per heavy atom. The highest BCUT2D eigenvalue weighted by atomic mass is 32.1. The highest BCUT2D eigenvalue weighted by Gasteiger charge is 2.48. The summed E-state index contributed by atoms with van der Waals surface area (Å²) in [5.74, 6) is 0.314. The quantitative estimate of drug-likeness (QED) is 0.601. The van der Waals surface area contributed by atoms with Gasteiger partial charge in [0.05, 0.1) is 16.6 Å². The van der Waals surface area contributed by atoms with Gasteiger partial charge in [-0.2, -0.15) is 0 Å². The molecule has 2 aromatic rings. The molecule has 3 N–H and O–H groups in total. The third-order valence-corrected chi connectivity index (χ3v) is 8.05. The van der Waals surface area contributed by atoms with Crippen LogP contribution in [0.3, 0.4) is 0 Å². The first-order valence-electron chi connectivity index (χ1n) is 11.9. The third-order valence-electron chi connectivity index (χ3n) is 7.47. The van der Waals surface area contributed by atoms with E-state index in [1.807, 2.05) is 0 Å². The van der Waals surface area contributed by atoms with E-state index in [1.54, 1.807) is 23.2 Å². The van der Waals surface area contributed by atoms with E-state index in [-0.39, 0.29) is 23.6 Å². The number of fused-ring (bicyclic) bond motifs is 2. The average Bonchev–Trinajstić information content (AvgIpc) is 3.46. The number of pyridine rings is 1. The summed E-state index contributed by atoms with van der Waals surface area (Å²) in [6, 6.07) is 1.02. The minimum Gasteiger partial charge on any atom is -0.381 e. The van der Waals surface area contributed by atoms with Crippen LogP contribution in [0.25, 0.3) is 0 Å². The minimum absolute atomic E-state index is 0.0402. The molecule has 3 aliphatic rings. The van der Waals surface area contributed by atoms with E-state index in [0.717, 1.165) is 31.2 Å². The standard InChI is InChI=1S/C24H29N5O4S/c1-14-2-4-15(5-3-14)20(29-21(30)18-12-34-13-26-18)22(31)28-19-10-17-16(11-25-19)24(23(32)27-17)6-8-33-9-7-24/h10-15,20H,2-9H2,1H3,(H,27,32)(H,29,30)(H,25,28,31). The Labute approximate surface area is 202 Å². The Balaban J connectivity index is 1.34. The van der Waals surface area contributed by atoms with Gasteiger partial charge in [-0.05, 0) is 37.5 Å². The highest BCUT2D eigenvalue weighted by Crippen LogP contribution is 2.44. The maximum absolute atomic E-state index is 13.4. The second kappa shape index (κ2) is 9.42. The van der Waals surface area contributed by atoms with Gasteiger partial charge in [0.2, 0.25) is 11.8 Å². The number of nitrogens with zero attached hydrogens (tertiary/aromatic N) is 2. The number of anilines is 2. The zero-order chi connectivity index (χ0) is 23.7. The van der Waals surface area contributed by atoms with E-state index in [4.69, 9.17) is 4.74 Å². The van der Waals surface area contributed by atoms with Crippen LogP contribution in [0.5, 0.6) is 0 Å². The van der Waals surface area contributed by atoms with Gasteiger partial charge in [0.25, 0.3) is 5.91 Å². The smallest absolute Gasteiger partial charge is 0.271 e. The number of thiazole rings is 1. The van der Waals surface area contributed by atoms with Crippen molar-refractivity contribution >= 4 is 40.6 Å². The van der Waals surface area contributed by atoms with Gasteiger partial charge >= 0.3 is 0 Å². The molecule has 5 rings (SSSR count). The lowest BCUT2D eigenvalue weighted by molar-refractivity contribution is -0.124. The number of hydrogen-bond donors (Lipinski definition) is 3. The summed E-state index contributed by atoms with van der Waals surface area (Å²) in [6.07, 6.45) is 6.70. The van der Waals surface area contributed by atoms with Crippen LogP contribution in [0.1, 0.15) is 61.5 Å². The lowest BCUT2D eigenvalue weighted by atomic mass is 9.76. The summed E-state index contributed by atoms with van der Waals surface area (Å²) in [5, 5.41) is 10.4. The molecule has 10 heteroatoms. The second-order valence-corrected chi connectivity index (χ2v) is 10.3. The molecule has 2 aliphatic heterocycles. The first-order valence-corrected chi connectivity index (χ1v) is 12.8. The molecule has 34 heavy (non-hydrogen) atoms. The van der Waals surface area contributed by atoms with Crippen LogP contribution in [0, 0.1) is 11.8 Å². The lowest BCUT2D eigenvalue weighted by Gasteiger charge is -2.32. The number of hydrogen-bond acceptors (Lipinski definition) is 7. The van der Waals surface area contributed by atoms with E-state index in [0.29, 0.717) is 49.2 Å². The predicted octanol–water partition coefficient (Wildman–Crippen LogP) is 3.10. The Morgan fingerprint density at radius 1 is 1.21 bits per heavy atom. The molecule has 1 saturated carbocycles. The van der Waals surface area contributed by atoms with Crippen molar-refractivity contribution in [2.45, 2.75) is 56.9 Å². The molecule has 0 bridgehead atoms. The van der Waals surface area contributed by atoms with Crippen LogP contribution in [-0.2, 0) is 19.7 Å². The number of carbonyl (C=O) groups excluding carboxylic acids is 3. The predicted molar refractivity (Wildman–Crippen MR) is 128 cm³/mol. The SMILES string of the molecule is CC1CCC(C(NC(=O)c2cscn2)C(=O)Nc2cc3c(cn2)C2(CCOCC2)C(=O)N3)CC1. The number of aromatic nitrogens is 2. The first kappa shape index (κ1) is 22.9. The van der Waals surface area contributed by atoms with Gasteiger partial charge in [0.1, 0.15) is 17.6 Å². The van der Waals surface area contributed by atoms with E-state index in [1.165, 1.54) is 11.3 Å². The molecule has 2 aromatic heterocycles. The highest BCUT2D eigenvalue weighted by molar-refractivity contribution is 7.07. The molecule has 1 aliphatic carbocycles. The van der Waals surface area contributed by atoms with Crippen molar-refractivity contribution in [1.82, 2.24) is 15.3 Å². The van der Waals surface area contributed by atoms with Crippen molar-refractivity contribution in [3.05, 3.63) is 34.4 Å². The maximum atomic E-state index is 13.4. The van der Waals surface area contributed by atoms with Crippen molar-refractivity contribution in [3.63, 3.8) is 0 Å². The van der Waals surface area contributed by atoms with Crippen molar-refractivity contribution in [2.75, 3.05) is 23.8 Å². The van der Waals surface area contributed by atoms with Crippen LogP contribution in [-0.4, -0.2) is 46.9 Å². The van der Waals surface area contributed by atoms with Gasteiger partial charge in [-0.3, -0.25) is 14.4 Å². The molecule has 1 saturated heterocycles. The van der Waals surface area contributed by atoms with E-state index in [9.17, 15) is 14.4 Å². The van der Waals surface area contributed by atoms with Crippen molar-refractivity contribution < 1.29 is 19.1 Å². The van der Waals surface area contributed by atoms with Crippen LogP contribution in [0.15, 0.2) is 23.2 Å². The number of amides is 3. The fourth-order valence-electron chi connectivity index (χ4n) is 5.35. The molecule has 3 amide bonds. The average molecular weight is 484 g/mol. The molecule has 1 spiro atoms. The number of nitrogens with one attached hydrogen (secondary N) is 3. The summed E-state index contributed by atoms with van der Waals surface area (Å²) in [4.78, 5) is 47.4. The summed E-state index contributed by atoms with van der Waals surface area (Å²) >= 11 is 1.34. The van der Waals surface area contributed by atoms with Gasteiger partial charge in [-0.1, -0.05) is 19.8 Å². The van der Waals surface area contributed by atoms with Gasteiger partial charge in [-0.15, -0.1) is 11.3 Å². The minimum atomic E-state index is -0.687. The third kappa shape index (κ3) is 4.32. The molecular formula is C24H29N5O4S. The molecule has 180 valence electrons. The van der Waals surface area contributed by atoms with E-state index >= 15 is 0 Å². The molecule has 2 fully saturated rings. The molecular weight excluding hydrogens is 454 g/mol. The van der Waals surface area contributed by atoms with Crippen LogP contribution in [0.2, 0.25) is 0 Å². The van der Waals surface area contributed by atoms with Crippen molar-refractivity contribution in [2.24, 2.45) is 11.8 Å². The number of rotatable bonds is 5. The van der Waals surface area contributed by atoms with Crippen LogP contribution in [0.4, 0.5) is 11.5 Å². The van der Waals surface area contributed by atoms with E-state index in [2.05, 4.69) is 32.8 Å². The fraction of sp³-hybridized carbons (Fsp3) is 0.542. The molecule has 4 heterocycles. The summed E-state index contributed by atoms with van der Waals surface area (Å²) in [5.41, 5.74) is 2.83. The van der Waals surface area contributed by atoms with Gasteiger partial charge in [-0.25, -0.2) is 9.97 Å². The summed E-state index contributed by atoms with van der Waals surface area (Å²) in [7, 11) is 0. The van der Waals surface area contributed by atoms with Crippen molar-refractivity contribution in [1.29, 1.82) is 0 Å². The second-order valence-electron chi connectivity index (χ2n) is 9.60. The maximum Gasteiger partial charge on any atom is 0.271 e. The van der Waals surface area contributed by atoms with Crippen LogP contribution >= 0.6 is 11.3 Å². The Morgan fingerprint density at radius 3 is 2.68 bits per heavy atom. The summed E-state index contributed by atoms with van der Waals surface area (Å²) in [6.45, 7) is 3.28. The molecule has 0 aromatic carbocycles. The topological polar surface area (TPSA) is 122 Å². The fourth-order valence-corrected chi connectivity index (χ4v) is 5.88. The van der Waals surface area contributed by atoms with E-state index < -0.39 is 11.5 Å². The summed E-state index contributed by atoms with van der Waals surface area (Å²) < 4.78 is 5.45. The Kier molecular flexibility index (Phi) is 6.35. The van der Waals surface area contributed by atoms with Crippen molar-refractivity contribution in [3.8, 4) is 0 Å². The lowest BCUT2D eigenvalue weighted by Crippen LogP contribution is -2.49. The molecule has 1 atom stereocenters. The normalized spacial score (nSPS) is 24.2. The molecule has 9 nitrogen and oxygen atoms in total. The van der Waals surface area contributed by atoms with Crippen LogP contribution < -0.4 is 16.0 Å². The Hall–Kier alpha value is -2.85.